The van der Waals surface area contributed by atoms with Gasteiger partial charge in [-0.05, 0) is 61.2 Å². The summed E-state index contributed by atoms with van der Waals surface area (Å²) in [4.78, 5) is 13.2. The Hall–Kier alpha value is -1.31. The number of methoxy groups -OCH3 is 1. The molecule has 0 heterocycles. The first-order valence-corrected chi connectivity index (χ1v) is 9.54. The number of hydrazine groups is 1. The van der Waals surface area contributed by atoms with E-state index in [2.05, 4.69) is 28.9 Å². The molecule has 1 aromatic rings. The second-order valence-corrected chi connectivity index (χ2v) is 7.18. The van der Waals surface area contributed by atoms with Gasteiger partial charge >= 0.3 is 0 Å². The molecule has 0 aliphatic heterocycles. The molecule has 1 aromatic carbocycles. The van der Waals surface area contributed by atoms with E-state index < -0.39 is 0 Å². The maximum atomic E-state index is 12.1. The summed E-state index contributed by atoms with van der Waals surface area (Å²) in [5, 5.41) is 5.13. The third-order valence-corrected chi connectivity index (χ3v) is 5.25. The van der Waals surface area contributed by atoms with Crippen LogP contribution in [0.1, 0.15) is 24.0 Å². The first-order chi connectivity index (χ1) is 11.6. The van der Waals surface area contributed by atoms with Crippen LogP contribution in [0.3, 0.4) is 0 Å². The molecule has 0 atom stereocenters. The maximum Gasteiger partial charge on any atom is 0.248 e. The summed E-state index contributed by atoms with van der Waals surface area (Å²) in [5.41, 5.74) is 5.66. The third-order valence-electron chi connectivity index (χ3n) is 3.84. The van der Waals surface area contributed by atoms with Crippen LogP contribution in [0.15, 0.2) is 23.1 Å². The highest BCUT2D eigenvalue weighted by atomic mass is 32.2. The van der Waals surface area contributed by atoms with Crippen LogP contribution in [-0.4, -0.2) is 49.1 Å². The number of thioether (sulfide) groups is 1. The highest BCUT2D eigenvalue weighted by Gasteiger charge is 2.12. The Morgan fingerprint density at radius 2 is 2.17 bits per heavy atom. The molecule has 0 saturated carbocycles. The Kier molecular flexibility index (Phi) is 7.81. The van der Waals surface area contributed by atoms with Gasteiger partial charge in [0.1, 0.15) is 0 Å². The van der Waals surface area contributed by atoms with E-state index in [0.29, 0.717) is 17.5 Å². The molecule has 2 rings (SSSR count). The molecule has 0 unspecified atom stereocenters. The zero-order chi connectivity index (χ0) is 17.4. The van der Waals surface area contributed by atoms with E-state index in [1.165, 1.54) is 24.0 Å². The van der Waals surface area contributed by atoms with Crippen LogP contribution >= 0.6 is 24.0 Å². The van der Waals surface area contributed by atoms with Crippen molar-refractivity contribution in [2.75, 3.05) is 33.1 Å². The molecule has 1 aliphatic rings. The molecule has 0 aromatic heterocycles. The first-order valence-electron chi connectivity index (χ1n) is 8.14. The van der Waals surface area contributed by atoms with E-state index in [1.54, 1.807) is 30.9 Å². The van der Waals surface area contributed by atoms with Gasteiger partial charge in [0.2, 0.25) is 5.91 Å². The fraction of sp³-hybridized carbons (Fsp3) is 0.529. The third kappa shape index (κ3) is 5.96. The Balaban J connectivity index is 1.69. The average Bonchev–Trinajstić information content (AvgIpc) is 3.04. The molecule has 1 aliphatic carbocycles. The normalized spacial score (nSPS) is 12.6. The minimum atomic E-state index is -0.0657. The van der Waals surface area contributed by atoms with E-state index in [1.807, 2.05) is 0 Å². The van der Waals surface area contributed by atoms with Gasteiger partial charge in [-0.3, -0.25) is 15.2 Å². The first kappa shape index (κ1) is 19.0. The number of thiocarbonyl (C=S) groups is 1. The summed E-state index contributed by atoms with van der Waals surface area (Å²) in [5.74, 6) is 0.305. The monoisotopic (exact) mass is 367 g/mol. The summed E-state index contributed by atoms with van der Waals surface area (Å²) in [6.07, 6.45) is 4.44. The number of rotatable bonds is 7. The van der Waals surface area contributed by atoms with E-state index in [9.17, 15) is 4.79 Å². The quantitative estimate of drug-likeness (QED) is 0.333. The number of carbonyl (C=O) groups is 1. The Bertz CT molecular complexity index is 581. The fourth-order valence-corrected chi connectivity index (χ4v) is 3.49. The minimum Gasteiger partial charge on any atom is -0.385 e. The van der Waals surface area contributed by atoms with Crippen molar-refractivity contribution in [3.8, 4) is 0 Å². The molecule has 7 heteroatoms. The van der Waals surface area contributed by atoms with E-state index in [4.69, 9.17) is 17.0 Å². The van der Waals surface area contributed by atoms with Crippen LogP contribution < -0.4 is 10.7 Å². The van der Waals surface area contributed by atoms with Crippen LogP contribution in [0.4, 0.5) is 0 Å². The van der Waals surface area contributed by atoms with E-state index in [-0.39, 0.29) is 5.91 Å². The van der Waals surface area contributed by atoms with Gasteiger partial charge in [-0.25, -0.2) is 0 Å². The van der Waals surface area contributed by atoms with Gasteiger partial charge in [0.05, 0.1) is 5.75 Å². The largest absolute Gasteiger partial charge is 0.385 e. The average molecular weight is 368 g/mol. The van der Waals surface area contributed by atoms with Gasteiger partial charge in [-0.15, -0.1) is 11.8 Å². The lowest BCUT2D eigenvalue weighted by Gasteiger charge is -2.21. The molecular formula is C17H25N3O2S2. The highest BCUT2D eigenvalue weighted by Crippen LogP contribution is 2.27. The van der Waals surface area contributed by atoms with Crippen molar-refractivity contribution in [1.82, 2.24) is 15.8 Å². The number of benzene rings is 1. The Labute approximate surface area is 153 Å². The zero-order valence-electron chi connectivity index (χ0n) is 14.3. The number of aryl methyl sites for hydroxylation is 2. The molecule has 24 heavy (non-hydrogen) atoms. The minimum absolute atomic E-state index is 0.0657. The van der Waals surface area contributed by atoms with Gasteiger partial charge in [0.15, 0.2) is 5.11 Å². The van der Waals surface area contributed by atoms with Crippen molar-refractivity contribution >= 4 is 35.0 Å². The summed E-state index contributed by atoms with van der Waals surface area (Å²) in [6, 6.07) is 6.51. The number of carbonyl (C=O) groups excluding carboxylic acids is 1. The predicted molar refractivity (Wildman–Crippen MR) is 102 cm³/mol. The second-order valence-electron chi connectivity index (χ2n) is 5.75. The molecule has 5 nitrogen and oxygen atoms in total. The van der Waals surface area contributed by atoms with Gasteiger partial charge in [-0.2, -0.15) is 0 Å². The standard InChI is InChI=1S/C17H25N3O2S2/c1-20(17(23)18-9-4-10-22-2)19-16(21)12-24-15-8-7-13-5-3-6-14(13)11-15/h7-8,11H,3-6,9-10,12H2,1-2H3,(H,18,23)(H,19,21). The number of fused-ring (bicyclic) bond motifs is 1. The molecule has 0 saturated heterocycles. The number of amides is 1. The van der Waals surface area contributed by atoms with Crippen molar-refractivity contribution < 1.29 is 9.53 Å². The summed E-state index contributed by atoms with van der Waals surface area (Å²) in [6.45, 7) is 1.40. The summed E-state index contributed by atoms with van der Waals surface area (Å²) >= 11 is 6.78. The predicted octanol–water partition coefficient (Wildman–Crippen LogP) is 2.14. The lowest BCUT2D eigenvalue weighted by Crippen LogP contribution is -2.48. The van der Waals surface area contributed by atoms with Crippen molar-refractivity contribution in [2.45, 2.75) is 30.6 Å². The van der Waals surface area contributed by atoms with Crippen LogP contribution in [0.25, 0.3) is 0 Å². The van der Waals surface area contributed by atoms with Crippen molar-refractivity contribution in [1.29, 1.82) is 0 Å². The molecule has 0 spiro atoms. The molecular weight excluding hydrogens is 342 g/mol. The van der Waals surface area contributed by atoms with Gasteiger partial charge in [0, 0.05) is 32.2 Å². The van der Waals surface area contributed by atoms with Crippen LogP contribution in [0, 0.1) is 0 Å². The second kappa shape index (κ2) is 9.86. The van der Waals surface area contributed by atoms with Gasteiger partial charge in [-0.1, -0.05) is 6.07 Å². The SMILES string of the molecule is COCCCNC(=S)N(C)NC(=O)CSc1ccc2c(c1)CCC2. The number of nitrogens with one attached hydrogen (secondary N) is 2. The lowest BCUT2D eigenvalue weighted by molar-refractivity contribution is -0.121. The summed E-state index contributed by atoms with van der Waals surface area (Å²) in [7, 11) is 3.41. The molecule has 132 valence electrons. The smallest absolute Gasteiger partial charge is 0.248 e. The Morgan fingerprint density at radius 1 is 1.38 bits per heavy atom. The van der Waals surface area contributed by atoms with E-state index >= 15 is 0 Å². The molecule has 2 N–H and O–H groups in total. The summed E-state index contributed by atoms with van der Waals surface area (Å²) < 4.78 is 4.98. The van der Waals surface area contributed by atoms with Crippen LogP contribution in [-0.2, 0) is 22.4 Å². The highest BCUT2D eigenvalue weighted by molar-refractivity contribution is 8.00. The molecule has 0 fully saturated rings. The molecule has 0 bridgehead atoms. The Morgan fingerprint density at radius 3 is 2.96 bits per heavy atom. The van der Waals surface area contributed by atoms with E-state index in [0.717, 1.165) is 24.3 Å². The number of hydrogen-bond donors (Lipinski definition) is 2. The molecule has 0 radical (unpaired) electrons. The number of hydrogen-bond acceptors (Lipinski definition) is 4. The van der Waals surface area contributed by atoms with Crippen molar-refractivity contribution in [2.24, 2.45) is 0 Å². The van der Waals surface area contributed by atoms with Crippen LogP contribution in [0.2, 0.25) is 0 Å². The zero-order valence-corrected chi connectivity index (χ0v) is 15.9. The fourth-order valence-electron chi connectivity index (χ4n) is 2.59. The number of ether oxygens (including phenoxy) is 1. The molecule has 1 amide bonds. The number of nitrogens with zero attached hydrogens (tertiary/aromatic N) is 1. The topological polar surface area (TPSA) is 53.6 Å². The maximum absolute atomic E-state index is 12.1. The van der Waals surface area contributed by atoms with Crippen molar-refractivity contribution in [3.63, 3.8) is 0 Å². The van der Waals surface area contributed by atoms with Gasteiger partial charge < -0.3 is 10.1 Å². The van der Waals surface area contributed by atoms with Crippen molar-refractivity contribution in [3.05, 3.63) is 29.3 Å². The van der Waals surface area contributed by atoms with Gasteiger partial charge in [0.25, 0.3) is 0 Å². The lowest BCUT2D eigenvalue weighted by atomic mass is 10.1. The van der Waals surface area contributed by atoms with Crippen LogP contribution in [0.5, 0.6) is 0 Å².